The largest absolute Gasteiger partial charge is 0.463 e. The second kappa shape index (κ2) is 5.00. The molecule has 2 aliphatic heterocycles. The molecule has 1 aromatic carbocycles. The normalized spacial score (nSPS) is 31.4. The van der Waals surface area contributed by atoms with Gasteiger partial charge in [-0.1, -0.05) is 24.3 Å². The molecule has 8 heteroatoms. The van der Waals surface area contributed by atoms with E-state index in [2.05, 4.69) is 0 Å². The molecule has 0 saturated carbocycles. The SMILES string of the molecule is N=C1OC(c2ccc(C3OC(=N)C(O)C3=O)cc2)C(=O)C1O. The molecule has 2 saturated heterocycles. The summed E-state index contributed by atoms with van der Waals surface area (Å²) in [7, 11) is 0. The summed E-state index contributed by atoms with van der Waals surface area (Å²) in [4.78, 5) is 23.5. The summed E-state index contributed by atoms with van der Waals surface area (Å²) >= 11 is 0. The number of aliphatic hydroxyl groups is 2. The molecule has 0 radical (unpaired) electrons. The van der Waals surface area contributed by atoms with E-state index in [1.54, 1.807) is 0 Å². The average molecular weight is 304 g/mol. The molecule has 2 aliphatic rings. The predicted molar refractivity (Wildman–Crippen MR) is 71.6 cm³/mol. The van der Waals surface area contributed by atoms with Crippen molar-refractivity contribution in [1.82, 2.24) is 0 Å². The van der Waals surface area contributed by atoms with E-state index in [-0.39, 0.29) is 0 Å². The maximum atomic E-state index is 11.7. The molecule has 2 fully saturated rings. The number of nitrogens with one attached hydrogen (secondary N) is 2. The quantitative estimate of drug-likeness (QED) is 0.588. The molecule has 0 aromatic heterocycles. The van der Waals surface area contributed by atoms with Gasteiger partial charge in [0.25, 0.3) is 0 Å². The van der Waals surface area contributed by atoms with Crippen molar-refractivity contribution in [1.29, 1.82) is 10.8 Å². The lowest BCUT2D eigenvalue weighted by Gasteiger charge is -2.12. The maximum absolute atomic E-state index is 11.7. The van der Waals surface area contributed by atoms with Gasteiger partial charge in [0.15, 0.2) is 24.4 Å². The fourth-order valence-corrected chi connectivity index (χ4v) is 2.35. The fraction of sp³-hybridized carbons (Fsp3) is 0.286. The van der Waals surface area contributed by atoms with E-state index in [1.165, 1.54) is 24.3 Å². The number of benzene rings is 1. The van der Waals surface area contributed by atoms with Gasteiger partial charge < -0.3 is 19.7 Å². The monoisotopic (exact) mass is 304 g/mol. The zero-order chi connectivity index (χ0) is 16.0. The number of ether oxygens (including phenoxy) is 2. The Bertz CT molecular complexity index is 624. The van der Waals surface area contributed by atoms with Gasteiger partial charge in [-0.15, -0.1) is 0 Å². The van der Waals surface area contributed by atoms with E-state index in [9.17, 15) is 19.8 Å². The van der Waals surface area contributed by atoms with Crippen LogP contribution in [0.3, 0.4) is 0 Å². The van der Waals surface area contributed by atoms with Crippen molar-refractivity contribution < 1.29 is 29.3 Å². The summed E-state index contributed by atoms with van der Waals surface area (Å²) < 4.78 is 10.0. The fourth-order valence-electron chi connectivity index (χ4n) is 2.35. The standard InChI is InChI=1S/C14H12N2O6/c15-13-9(19)7(17)11(21-13)5-1-2-6(4-3-5)12-8(18)10(20)14(16)22-12/h1-4,9-12,15-16,19-20H. The summed E-state index contributed by atoms with van der Waals surface area (Å²) in [6.07, 6.45) is -5.22. The Morgan fingerprint density at radius 3 is 1.32 bits per heavy atom. The Morgan fingerprint density at radius 1 is 0.773 bits per heavy atom. The Kier molecular flexibility index (Phi) is 3.27. The second-order valence-corrected chi connectivity index (χ2v) is 5.00. The number of ketones is 2. The van der Waals surface area contributed by atoms with Crippen LogP contribution in [-0.4, -0.2) is 45.8 Å². The summed E-state index contributed by atoms with van der Waals surface area (Å²) in [5.74, 6) is -2.24. The first kappa shape index (κ1) is 14.4. The number of aliphatic hydroxyl groups excluding tert-OH is 2. The number of carbonyl (C=O) groups is 2. The predicted octanol–water partition coefficient (Wildman–Crippen LogP) is -0.356. The van der Waals surface area contributed by atoms with E-state index in [0.717, 1.165) is 0 Å². The first-order chi connectivity index (χ1) is 10.4. The van der Waals surface area contributed by atoms with Crippen molar-refractivity contribution in [2.45, 2.75) is 24.4 Å². The van der Waals surface area contributed by atoms with Gasteiger partial charge in [0, 0.05) is 11.1 Å². The minimum atomic E-state index is -1.56. The van der Waals surface area contributed by atoms with Crippen LogP contribution in [0.5, 0.6) is 0 Å². The summed E-state index contributed by atoms with van der Waals surface area (Å²) in [6, 6.07) is 6.03. The molecule has 3 rings (SSSR count). The van der Waals surface area contributed by atoms with E-state index >= 15 is 0 Å². The molecule has 0 spiro atoms. The van der Waals surface area contributed by atoms with Crippen LogP contribution < -0.4 is 0 Å². The van der Waals surface area contributed by atoms with Crippen molar-refractivity contribution >= 4 is 23.4 Å². The number of carbonyl (C=O) groups excluding carboxylic acids is 2. The highest BCUT2D eigenvalue weighted by atomic mass is 16.5. The highest BCUT2D eigenvalue weighted by molar-refractivity contribution is 6.11. The molecular formula is C14H12N2O6. The van der Waals surface area contributed by atoms with Gasteiger partial charge in [0.2, 0.25) is 23.4 Å². The first-order valence-corrected chi connectivity index (χ1v) is 6.44. The third kappa shape index (κ3) is 2.09. The second-order valence-electron chi connectivity index (χ2n) is 5.00. The molecule has 2 heterocycles. The number of Topliss-reactive ketones (excluding diaryl/α,β-unsaturated/α-hetero) is 2. The van der Waals surface area contributed by atoms with Gasteiger partial charge in [0.05, 0.1) is 0 Å². The molecule has 1 aromatic rings. The zero-order valence-corrected chi connectivity index (χ0v) is 11.1. The maximum Gasteiger partial charge on any atom is 0.219 e. The van der Waals surface area contributed by atoms with Crippen molar-refractivity contribution in [3.8, 4) is 0 Å². The van der Waals surface area contributed by atoms with E-state index in [1.807, 2.05) is 0 Å². The molecule has 4 N–H and O–H groups in total. The Balaban J connectivity index is 1.82. The van der Waals surface area contributed by atoms with Crippen molar-refractivity contribution in [2.75, 3.05) is 0 Å². The van der Waals surface area contributed by atoms with Crippen LogP contribution in [-0.2, 0) is 19.1 Å². The highest BCUT2D eigenvalue weighted by Crippen LogP contribution is 2.31. The molecule has 22 heavy (non-hydrogen) atoms. The van der Waals surface area contributed by atoms with Crippen LogP contribution in [0.25, 0.3) is 0 Å². The number of hydrogen-bond acceptors (Lipinski definition) is 8. The third-order valence-corrected chi connectivity index (χ3v) is 3.58. The number of hydrogen-bond donors (Lipinski definition) is 4. The number of rotatable bonds is 2. The Labute approximate surface area is 124 Å². The van der Waals surface area contributed by atoms with Crippen LogP contribution in [0, 0.1) is 10.8 Å². The van der Waals surface area contributed by atoms with Gasteiger partial charge in [-0.05, 0) is 0 Å². The molecule has 8 nitrogen and oxygen atoms in total. The van der Waals surface area contributed by atoms with E-state index in [0.29, 0.717) is 11.1 Å². The Morgan fingerprint density at radius 2 is 1.09 bits per heavy atom. The molecule has 4 atom stereocenters. The van der Waals surface area contributed by atoms with Crippen LogP contribution in [0.15, 0.2) is 24.3 Å². The lowest BCUT2D eigenvalue weighted by Crippen LogP contribution is -2.22. The highest BCUT2D eigenvalue weighted by Gasteiger charge is 2.42. The van der Waals surface area contributed by atoms with Gasteiger partial charge in [-0.2, -0.15) is 0 Å². The summed E-state index contributed by atoms with van der Waals surface area (Å²) in [6.45, 7) is 0. The topological polar surface area (TPSA) is 141 Å². The summed E-state index contributed by atoms with van der Waals surface area (Å²) in [5, 5.41) is 33.4. The molecule has 4 unspecified atom stereocenters. The molecule has 0 bridgehead atoms. The third-order valence-electron chi connectivity index (χ3n) is 3.58. The van der Waals surface area contributed by atoms with Crippen LogP contribution >= 0.6 is 0 Å². The molecular weight excluding hydrogens is 292 g/mol. The lowest BCUT2D eigenvalue weighted by atomic mass is 9.99. The smallest absolute Gasteiger partial charge is 0.219 e. The van der Waals surface area contributed by atoms with Crippen molar-refractivity contribution in [3.63, 3.8) is 0 Å². The average Bonchev–Trinajstić information content (AvgIpc) is 2.92. The summed E-state index contributed by atoms with van der Waals surface area (Å²) in [5.41, 5.74) is 0.854. The minimum absolute atomic E-state index is 0.427. The molecule has 114 valence electrons. The van der Waals surface area contributed by atoms with Crippen molar-refractivity contribution in [3.05, 3.63) is 35.4 Å². The van der Waals surface area contributed by atoms with Crippen molar-refractivity contribution in [2.24, 2.45) is 0 Å². The van der Waals surface area contributed by atoms with Gasteiger partial charge in [-0.25, -0.2) is 0 Å². The zero-order valence-electron chi connectivity index (χ0n) is 11.1. The van der Waals surface area contributed by atoms with Crippen LogP contribution in [0.2, 0.25) is 0 Å². The molecule has 0 amide bonds. The lowest BCUT2D eigenvalue weighted by molar-refractivity contribution is -0.127. The minimum Gasteiger partial charge on any atom is -0.463 e. The van der Waals surface area contributed by atoms with Gasteiger partial charge in [0.1, 0.15) is 0 Å². The first-order valence-electron chi connectivity index (χ1n) is 6.44. The molecule has 0 aliphatic carbocycles. The Hall–Kier alpha value is -2.58. The van der Waals surface area contributed by atoms with Gasteiger partial charge >= 0.3 is 0 Å². The van der Waals surface area contributed by atoms with E-state index < -0.39 is 47.8 Å². The van der Waals surface area contributed by atoms with Crippen LogP contribution in [0.1, 0.15) is 23.3 Å². The van der Waals surface area contributed by atoms with Crippen LogP contribution in [0.4, 0.5) is 0 Å². The van der Waals surface area contributed by atoms with Gasteiger partial charge in [-0.3, -0.25) is 20.4 Å². The van der Waals surface area contributed by atoms with E-state index in [4.69, 9.17) is 20.3 Å².